The highest BCUT2D eigenvalue weighted by Crippen LogP contribution is 2.38. The Morgan fingerprint density at radius 2 is 1.57 bits per heavy atom. The zero-order valence-electron chi connectivity index (χ0n) is 41.2. The molecule has 1 aliphatic carbocycles. The number of hydrogen-bond acceptors (Lipinski definition) is 12. The van der Waals surface area contributed by atoms with Gasteiger partial charge in [0.2, 0.25) is 5.79 Å². The largest absolute Gasteiger partial charge is 0.460 e. The van der Waals surface area contributed by atoms with Crippen molar-refractivity contribution in [2.75, 3.05) is 27.9 Å². The van der Waals surface area contributed by atoms with Crippen molar-refractivity contribution in [2.45, 2.75) is 181 Å². The fourth-order valence-corrected chi connectivity index (χ4v) is 10.4. The van der Waals surface area contributed by atoms with Crippen LogP contribution < -0.4 is 0 Å². The van der Waals surface area contributed by atoms with Crippen LogP contribution in [0.25, 0.3) is 0 Å². The van der Waals surface area contributed by atoms with Crippen LogP contribution in [-0.2, 0) is 47.7 Å². The monoisotopic (exact) mass is 912 g/mol. The molecule has 13 nitrogen and oxygen atoms in total. The number of esters is 1. The van der Waals surface area contributed by atoms with Gasteiger partial charge in [-0.05, 0) is 113 Å². The number of carbonyl (C=O) groups excluding carboxylic acids is 5. The van der Waals surface area contributed by atoms with Crippen molar-refractivity contribution in [3.8, 4) is 0 Å². The van der Waals surface area contributed by atoms with Crippen LogP contribution in [0.3, 0.4) is 0 Å². The molecule has 65 heavy (non-hydrogen) atoms. The number of hydrogen-bond donors (Lipinski definition) is 2. The number of aliphatic hydroxyl groups excluding tert-OH is 1. The van der Waals surface area contributed by atoms with Gasteiger partial charge in [-0.3, -0.25) is 19.2 Å². The maximum atomic E-state index is 14.4. The highest BCUT2D eigenvalue weighted by atomic mass is 16.6. The number of fused-ring (bicyclic) bond motifs is 3. The maximum absolute atomic E-state index is 14.4. The predicted octanol–water partition coefficient (Wildman–Crippen LogP) is 7.46. The number of amides is 1. The van der Waals surface area contributed by atoms with Crippen molar-refractivity contribution in [1.29, 1.82) is 0 Å². The van der Waals surface area contributed by atoms with Crippen LogP contribution in [0.4, 0.5) is 0 Å². The molecule has 3 heterocycles. The van der Waals surface area contributed by atoms with Crippen molar-refractivity contribution < 1.29 is 57.9 Å². The van der Waals surface area contributed by atoms with Crippen LogP contribution in [0.2, 0.25) is 0 Å². The summed E-state index contributed by atoms with van der Waals surface area (Å²) in [4.78, 5) is 71.9. The van der Waals surface area contributed by atoms with Gasteiger partial charge < -0.3 is 38.8 Å². The fraction of sp³-hybridized carbons (Fsp3) is 0.750. The van der Waals surface area contributed by atoms with Crippen molar-refractivity contribution in [2.24, 2.45) is 41.4 Å². The van der Waals surface area contributed by atoms with Gasteiger partial charge in [-0.25, -0.2) is 4.79 Å². The average Bonchev–Trinajstić information content (AvgIpc) is 3.28. The number of ketones is 3. The summed E-state index contributed by atoms with van der Waals surface area (Å²) in [5.41, 5.74) is 1.30. The first-order valence-corrected chi connectivity index (χ1v) is 24.2. The molecule has 1 amide bonds. The molecule has 2 saturated heterocycles. The number of carbonyl (C=O) groups is 5. The summed E-state index contributed by atoms with van der Waals surface area (Å²) in [7, 11) is 4.70. The number of nitrogens with zero attached hydrogens (tertiary/aromatic N) is 1. The number of Topliss-reactive ketones (excluding diaryl/α,β-unsaturated/α-hetero) is 3. The van der Waals surface area contributed by atoms with E-state index in [1.54, 1.807) is 41.1 Å². The minimum Gasteiger partial charge on any atom is -0.460 e. The Kier molecular flexibility index (Phi) is 21.0. The van der Waals surface area contributed by atoms with Gasteiger partial charge in [0, 0.05) is 58.5 Å². The molecule has 15 atom stereocenters. The number of methoxy groups -OCH3 is 3. The molecule has 3 fully saturated rings. The van der Waals surface area contributed by atoms with Gasteiger partial charge in [-0.1, -0.05) is 78.0 Å². The lowest BCUT2D eigenvalue weighted by Crippen LogP contribution is -2.61. The van der Waals surface area contributed by atoms with Crippen LogP contribution in [0.1, 0.15) is 132 Å². The highest BCUT2D eigenvalue weighted by Gasteiger charge is 2.53. The summed E-state index contributed by atoms with van der Waals surface area (Å²) in [6.45, 7) is 15.1. The zero-order chi connectivity index (χ0) is 48.2. The van der Waals surface area contributed by atoms with Crippen molar-refractivity contribution in [3.63, 3.8) is 0 Å². The van der Waals surface area contributed by atoms with Crippen LogP contribution in [0.5, 0.6) is 0 Å². The van der Waals surface area contributed by atoms with E-state index in [1.807, 2.05) is 58.1 Å². The van der Waals surface area contributed by atoms with Gasteiger partial charge in [0.15, 0.2) is 5.78 Å². The standard InChI is InChI=1S/C52H81NO12/c1-31-17-13-12-14-18-32(2)44(62-10)29-40-23-21-38(8)52(60,65-40)49(57)50(58)53-24-16-15-19-41(53)51(59)64-45(35(5)27-39-22-20-33(3)43(28-39)61-9)30-42(54)34(4)26-37(7)47(56)48(63-11)46(55)36(6)25-31/h12-14,17-18,26,31,33-36,38-41,43-45,47-48,56,60H,15-16,19-25,27-30H2,1-11H3/b14-12?,17-13+,32-18?,37-26+/t31-,33+,34?,35?,36?,38?,39+,40?,41+,43?,44?,45?,47?,48?,52?/m1/s1. The molecule has 13 heteroatoms. The summed E-state index contributed by atoms with van der Waals surface area (Å²) < 4.78 is 29.7. The summed E-state index contributed by atoms with van der Waals surface area (Å²) in [5.74, 6) is -7.07. The molecule has 0 spiro atoms. The van der Waals surface area contributed by atoms with Crippen LogP contribution in [0, 0.1) is 41.4 Å². The first-order valence-electron chi connectivity index (χ1n) is 24.2. The van der Waals surface area contributed by atoms with E-state index >= 15 is 0 Å². The lowest BCUT2D eigenvalue weighted by atomic mass is 9.76. The third-order valence-corrected chi connectivity index (χ3v) is 14.8. The smallest absolute Gasteiger partial charge is 0.329 e. The Hall–Kier alpha value is -3.33. The second kappa shape index (κ2) is 25.2. The van der Waals surface area contributed by atoms with E-state index in [9.17, 15) is 34.2 Å². The van der Waals surface area contributed by atoms with E-state index in [2.05, 4.69) is 6.92 Å². The molecule has 2 bridgehead atoms. The van der Waals surface area contributed by atoms with Crippen LogP contribution >= 0.6 is 0 Å². The topological polar surface area (TPSA) is 175 Å². The second-order valence-corrected chi connectivity index (χ2v) is 20.0. The first-order chi connectivity index (χ1) is 30.7. The second-order valence-electron chi connectivity index (χ2n) is 20.0. The Bertz CT molecular complexity index is 1750. The maximum Gasteiger partial charge on any atom is 0.329 e. The molecule has 0 aromatic rings. The molecule has 3 aliphatic heterocycles. The Morgan fingerprint density at radius 3 is 2.25 bits per heavy atom. The molecule has 0 aromatic carbocycles. The summed E-state index contributed by atoms with van der Waals surface area (Å²) in [5, 5.41) is 23.4. The molecular formula is C52H81NO12. The molecular weight excluding hydrogens is 831 g/mol. The number of cyclic esters (lactones) is 1. The van der Waals surface area contributed by atoms with E-state index in [0.29, 0.717) is 56.4 Å². The fourth-order valence-electron chi connectivity index (χ4n) is 10.4. The first kappa shape index (κ1) is 54.3. The van der Waals surface area contributed by atoms with Crippen molar-refractivity contribution in [3.05, 3.63) is 47.6 Å². The lowest BCUT2D eigenvalue weighted by Gasteiger charge is -2.42. The predicted molar refractivity (Wildman–Crippen MR) is 248 cm³/mol. The van der Waals surface area contributed by atoms with Gasteiger partial charge in [0.25, 0.3) is 11.7 Å². The van der Waals surface area contributed by atoms with Gasteiger partial charge in [0.1, 0.15) is 30.1 Å². The van der Waals surface area contributed by atoms with E-state index in [4.69, 9.17) is 23.7 Å². The number of aliphatic hydroxyl groups is 2. The zero-order valence-corrected chi connectivity index (χ0v) is 41.2. The molecule has 4 aliphatic rings. The Balaban J connectivity index is 1.70. The third-order valence-electron chi connectivity index (χ3n) is 14.8. The van der Waals surface area contributed by atoms with Gasteiger partial charge in [-0.2, -0.15) is 0 Å². The lowest BCUT2D eigenvalue weighted by molar-refractivity contribution is -0.265. The molecule has 0 radical (unpaired) electrons. The minimum atomic E-state index is -2.41. The molecule has 1 saturated carbocycles. The summed E-state index contributed by atoms with van der Waals surface area (Å²) in [6.07, 6.45) is 13.6. The number of ether oxygens (including phenoxy) is 5. The number of piperidine rings is 1. The number of allylic oxidation sites excluding steroid dienone is 6. The average molecular weight is 912 g/mol. The van der Waals surface area contributed by atoms with Crippen LogP contribution in [-0.4, -0.2) is 121 Å². The quantitative estimate of drug-likeness (QED) is 0.153. The normalized spacial score (nSPS) is 39.1. The summed E-state index contributed by atoms with van der Waals surface area (Å²) in [6, 6.07) is -1.11. The van der Waals surface area contributed by atoms with Gasteiger partial charge in [0.05, 0.1) is 18.3 Å². The minimum absolute atomic E-state index is 0.0304. The van der Waals surface area contributed by atoms with E-state index in [-0.39, 0.29) is 54.8 Å². The van der Waals surface area contributed by atoms with Crippen LogP contribution in [0.15, 0.2) is 47.6 Å². The van der Waals surface area contributed by atoms with Crippen molar-refractivity contribution in [1.82, 2.24) is 4.90 Å². The molecule has 2 N–H and O–H groups in total. The summed E-state index contributed by atoms with van der Waals surface area (Å²) >= 11 is 0. The molecule has 4 rings (SSSR count). The highest BCUT2D eigenvalue weighted by molar-refractivity contribution is 6.39. The Morgan fingerprint density at radius 1 is 0.846 bits per heavy atom. The van der Waals surface area contributed by atoms with E-state index in [1.165, 1.54) is 12.0 Å². The van der Waals surface area contributed by atoms with E-state index in [0.717, 1.165) is 24.8 Å². The molecule has 11 unspecified atom stereocenters. The molecule has 366 valence electrons. The SMILES string of the molecule is COC1CC2CCC(C)C(O)(O2)C(=O)C(=O)N2CCCC[C@H]2C(=O)OC(C(C)C[C@@H]2CC[C@H](C)C(OC)C2)CC(=O)C(C)/C=C(\C)C(O)C(OC)C(=O)C(C)C[C@H](C)/C=C/C=CC=C1C. The van der Waals surface area contributed by atoms with Gasteiger partial charge >= 0.3 is 5.97 Å². The van der Waals surface area contributed by atoms with Gasteiger partial charge in [-0.15, -0.1) is 0 Å². The molecule has 0 aromatic heterocycles. The van der Waals surface area contributed by atoms with E-state index < -0.39 is 77.8 Å². The third kappa shape index (κ3) is 14.3. The van der Waals surface area contributed by atoms with Crippen molar-refractivity contribution >= 4 is 29.2 Å². The Labute approximate surface area is 388 Å². The number of rotatable bonds is 6.